The Labute approximate surface area is 146 Å². The van der Waals surface area contributed by atoms with E-state index in [4.69, 9.17) is 0 Å². The maximum Gasteiger partial charge on any atom is 0.115 e. The summed E-state index contributed by atoms with van der Waals surface area (Å²) in [4.78, 5) is 17.2. The number of halogens is 1. The summed E-state index contributed by atoms with van der Waals surface area (Å²) in [6.07, 6.45) is 5.96. The minimum Gasteiger partial charge on any atom is -0.299 e. The highest BCUT2D eigenvalue weighted by molar-refractivity contribution is 7.09. The lowest BCUT2D eigenvalue weighted by Gasteiger charge is -2.27. The van der Waals surface area contributed by atoms with Crippen LogP contribution in [0.5, 0.6) is 0 Å². The van der Waals surface area contributed by atoms with E-state index in [1.54, 1.807) is 23.7 Å². The van der Waals surface area contributed by atoms with Crippen LogP contribution in [0.4, 0.5) is 4.39 Å². The average molecular weight is 349 g/mol. The van der Waals surface area contributed by atoms with E-state index in [1.165, 1.54) is 11.3 Å². The van der Waals surface area contributed by atoms with Crippen LogP contribution in [-0.4, -0.2) is 57.1 Å². The van der Waals surface area contributed by atoms with Gasteiger partial charge in [0.25, 0.3) is 0 Å². The molecule has 5 nitrogen and oxygen atoms in total. The van der Waals surface area contributed by atoms with Gasteiger partial charge in [-0.05, 0) is 19.9 Å². The SMILES string of the molecule is CCc1nc(CN(C)C[C@@H]2C[C@H](F)CN2Cc2cncnc2)cs1. The predicted octanol–water partition coefficient (Wildman–Crippen LogP) is 2.54. The van der Waals surface area contributed by atoms with Crippen molar-refractivity contribution in [2.75, 3.05) is 20.1 Å². The van der Waals surface area contributed by atoms with Gasteiger partial charge in [0.1, 0.15) is 12.5 Å². The van der Waals surface area contributed by atoms with Gasteiger partial charge in [-0.1, -0.05) is 6.92 Å². The van der Waals surface area contributed by atoms with Crippen molar-refractivity contribution in [3.05, 3.63) is 40.4 Å². The first kappa shape index (κ1) is 17.4. The summed E-state index contributed by atoms with van der Waals surface area (Å²) in [5, 5.41) is 3.30. The van der Waals surface area contributed by atoms with Crippen LogP contribution >= 0.6 is 11.3 Å². The fourth-order valence-electron chi connectivity index (χ4n) is 3.24. The molecule has 3 rings (SSSR count). The third-order valence-electron chi connectivity index (χ3n) is 4.33. The highest BCUT2D eigenvalue weighted by Gasteiger charge is 2.32. The molecule has 0 bridgehead atoms. The van der Waals surface area contributed by atoms with Crippen LogP contribution in [0.25, 0.3) is 0 Å². The van der Waals surface area contributed by atoms with Crippen LogP contribution < -0.4 is 0 Å². The quantitative estimate of drug-likeness (QED) is 0.769. The minimum atomic E-state index is -0.751. The minimum absolute atomic E-state index is 0.217. The zero-order chi connectivity index (χ0) is 16.9. The number of likely N-dealkylation sites (N-methyl/N-ethyl adjacent to an activating group) is 1. The van der Waals surface area contributed by atoms with E-state index >= 15 is 0 Å². The van der Waals surface area contributed by atoms with E-state index in [2.05, 4.69) is 44.1 Å². The van der Waals surface area contributed by atoms with Crippen molar-refractivity contribution in [1.82, 2.24) is 24.8 Å². The molecule has 1 aliphatic rings. The molecule has 0 N–H and O–H groups in total. The van der Waals surface area contributed by atoms with Crippen molar-refractivity contribution in [3.63, 3.8) is 0 Å². The number of rotatable bonds is 7. The first-order valence-electron chi connectivity index (χ1n) is 8.38. The van der Waals surface area contributed by atoms with E-state index in [-0.39, 0.29) is 6.04 Å². The number of nitrogens with zero attached hydrogens (tertiary/aromatic N) is 5. The van der Waals surface area contributed by atoms with E-state index in [1.807, 2.05) is 0 Å². The number of thiazole rings is 1. The number of aryl methyl sites for hydroxylation is 1. The molecule has 2 aromatic heterocycles. The molecule has 2 aromatic rings. The van der Waals surface area contributed by atoms with Crippen molar-refractivity contribution in [3.8, 4) is 0 Å². The number of alkyl halides is 1. The van der Waals surface area contributed by atoms with Crippen LogP contribution in [0.15, 0.2) is 24.1 Å². The Kier molecular flexibility index (Phi) is 5.86. The Hall–Kier alpha value is -1.44. The second-order valence-corrected chi connectivity index (χ2v) is 7.39. The van der Waals surface area contributed by atoms with Crippen LogP contribution in [0, 0.1) is 0 Å². The van der Waals surface area contributed by atoms with E-state index in [0.717, 1.165) is 30.8 Å². The molecular weight excluding hydrogens is 325 g/mol. The molecule has 0 unspecified atom stereocenters. The fourth-order valence-corrected chi connectivity index (χ4v) is 3.97. The van der Waals surface area contributed by atoms with Crippen molar-refractivity contribution in [1.29, 1.82) is 0 Å². The lowest BCUT2D eigenvalue weighted by Crippen LogP contribution is -2.38. The summed E-state index contributed by atoms with van der Waals surface area (Å²) in [6.45, 7) is 4.97. The highest BCUT2D eigenvalue weighted by Crippen LogP contribution is 2.23. The Balaban J connectivity index is 1.57. The first-order chi connectivity index (χ1) is 11.6. The summed E-state index contributed by atoms with van der Waals surface area (Å²) in [6, 6.07) is 0.217. The molecule has 0 saturated carbocycles. The number of aromatic nitrogens is 3. The monoisotopic (exact) mass is 349 g/mol. The summed E-state index contributed by atoms with van der Waals surface area (Å²) in [5.41, 5.74) is 2.14. The number of hydrogen-bond donors (Lipinski definition) is 0. The smallest absolute Gasteiger partial charge is 0.115 e. The summed E-state index contributed by atoms with van der Waals surface area (Å²) < 4.78 is 14.0. The normalized spacial score (nSPS) is 21.7. The molecule has 0 amide bonds. The topological polar surface area (TPSA) is 45.2 Å². The molecule has 1 saturated heterocycles. The fraction of sp³-hybridized carbons (Fsp3) is 0.588. The van der Waals surface area contributed by atoms with Gasteiger partial charge in [-0.25, -0.2) is 19.3 Å². The van der Waals surface area contributed by atoms with Gasteiger partial charge in [-0.15, -0.1) is 11.3 Å². The second kappa shape index (κ2) is 8.09. The molecular formula is C17H24FN5S. The Morgan fingerprint density at radius 3 is 2.88 bits per heavy atom. The Morgan fingerprint density at radius 1 is 1.38 bits per heavy atom. The van der Waals surface area contributed by atoms with Gasteiger partial charge in [0.2, 0.25) is 0 Å². The highest BCUT2D eigenvalue weighted by atomic mass is 32.1. The number of hydrogen-bond acceptors (Lipinski definition) is 6. The van der Waals surface area contributed by atoms with E-state index in [0.29, 0.717) is 19.5 Å². The van der Waals surface area contributed by atoms with Crippen molar-refractivity contribution in [2.24, 2.45) is 0 Å². The van der Waals surface area contributed by atoms with Crippen LogP contribution in [0.2, 0.25) is 0 Å². The van der Waals surface area contributed by atoms with Gasteiger partial charge in [0, 0.05) is 55.6 Å². The summed E-state index contributed by atoms with van der Waals surface area (Å²) in [7, 11) is 2.08. The van der Waals surface area contributed by atoms with E-state index < -0.39 is 6.17 Å². The number of likely N-dealkylation sites (tertiary alicyclic amines) is 1. The third-order valence-corrected chi connectivity index (χ3v) is 5.37. The standard InChI is InChI=1S/C17H24FN5S/c1-3-17-21-15(11-24-17)9-22(2)10-16-4-14(18)8-23(16)7-13-5-19-12-20-6-13/h5-6,11-12,14,16H,3-4,7-10H2,1-2H3/t14-,16-/m0/s1. The van der Waals surface area contributed by atoms with Gasteiger partial charge in [-0.2, -0.15) is 0 Å². The predicted molar refractivity (Wildman–Crippen MR) is 93.6 cm³/mol. The molecule has 1 aliphatic heterocycles. The molecule has 2 atom stereocenters. The van der Waals surface area contributed by atoms with Gasteiger partial charge in [0.05, 0.1) is 10.7 Å². The molecule has 0 aromatic carbocycles. The van der Waals surface area contributed by atoms with Gasteiger partial charge >= 0.3 is 0 Å². The van der Waals surface area contributed by atoms with Crippen LogP contribution in [-0.2, 0) is 19.5 Å². The first-order valence-corrected chi connectivity index (χ1v) is 9.25. The summed E-state index contributed by atoms with van der Waals surface area (Å²) >= 11 is 1.71. The molecule has 130 valence electrons. The maximum absolute atomic E-state index is 14.0. The van der Waals surface area contributed by atoms with Crippen molar-refractivity contribution < 1.29 is 4.39 Å². The molecule has 0 radical (unpaired) electrons. The second-order valence-electron chi connectivity index (χ2n) is 6.45. The molecule has 7 heteroatoms. The van der Waals surface area contributed by atoms with E-state index in [9.17, 15) is 4.39 Å². The zero-order valence-electron chi connectivity index (χ0n) is 14.2. The molecule has 0 aliphatic carbocycles. The molecule has 1 fully saturated rings. The van der Waals surface area contributed by atoms with Gasteiger partial charge in [-0.3, -0.25) is 9.80 Å². The van der Waals surface area contributed by atoms with Crippen LogP contribution in [0.3, 0.4) is 0 Å². The van der Waals surface area contributed by atoms with Gasteiger partial charge < -0.3 is 0 Å². The van der Waals surface area contributed by atoms with Gasteiger partial charge in [0.15, 0.2) is 0 Å². The summed E-state index contributed by atoms with van der Waals surface area (Å²) in [5.74, 6) is 0. The molecule has 3 heterocycles. The van der Waals surface area contributed by atoms with Crippen molar-refractivity contribution in [2.45, 2.75) is 45.1 Å². The Bertz CT molecular complexity index is 635. The lowest BCUT2D eigenvalue weighted by molar-refractivity contribution is 0.179. The maximum atomic E-state index is 14.0. The molecule has 24 heavy (non-hydrogen) atoms. The lowest BCUT2D eigenvalue weighted by atomic mass is 10.2. The average Bonchev–Trinajstić information content (AvgIpc) is 3.15. The zero-order valence-corrected chi connectivity index (χ0v) is 15.0. The third kappa shape index (κ3) is 4.55. The largest absolute Gasteiger partial charge is 0.299 e. The Morgan fingerprint density at radius 2 is 2.17 bits per heavy atom. The van der Waals surface area contributed by atoms with Crippen LogP contribution in [0.1, 0.15) is 29.6 Å². The van der Waals surface area contributed by atoms with Crippen molar-refractivity contribution >= 4 is 11.3 Å². The molecule has 0 spiro atoms.